The SMILES string of the molecule is CCOc1cccc(CNCOCc2cn(CCCCn3cc(C(=O)NCc4cc(C(F)(F)F)ccn4)nn3)nn2)c1. The average Bonchev–Trinajstić information content (AvgIpc) is 3.64. The summed E-state index contributed by atoms with van der Waals surface area (Å²) in [6.07, 6.45) is 1.43. The Morgan fingerprint density at radius 2 is 1.76 bits per heavy atom. The van der Waals surface area contributed by atoms with Gasteiger partial charge in [-0.1, -0.05) is 22.6 Å². The third-order valence-electron chi connectivity index (χ3n) is 5.95. The van der Waals surface area contributed by atoms with Crippen LogP contribution in [0, 0.1) is 0 Å². The van der Waals surface area contributed by atoms with E-state index >= 15 is 0 Å². The highest BCUT2D eigenvalue weighted by Gasteiger charge is 2.30. The Kier molecular flexibility index (Phi) is 10.9. The largest absolute Gasteiger partial charge is 0.494 e. The van der Waals surface area contributed by atoms with Crippen molar-refractivity contribution < 1.29 is 27.4 Å². The van der Waals surface area contributed by atoms with E-state index < -0.39 is 17.6 Å². The highest BCUT2D eigenvalue weighted by Crippen LogP contribution is 2.29. The first-order chi connectivity index (χ1) is 20.3. The molecule has 4 rings (SSSR count). The van der Waals surface area contributed by atoms with Crippen molar-refractivity contribution in [3.8, 4) is 5.75 Å². The molecule has 0 saturated heterocycles. The van der Waals surface area contributed by atoms with E-state index in [2.05, 4.69) is 36.2 Å². The van der Waals surface area contributed by atoms with Crippen LogP contribution >= 0.6 is 0 Å². The van der Waals surface area contributed by atoms with Crippen LogP contribution in [0.15, 0.2) is 55.0 Å². The maximum absolute atomic E-state index is 12.8. The van der Waals surface area contributed by atoms with Crippen LogP contribution in [0.5, 0.6) is 5.75 Å². The van der Waals surface area contributed by atoms with Crippen LogP contribution in [0.2, 0.25) is 0 Å². The molecule has 0 unspecified atom stereocenters. The minimum atomic E-state index is -4.48. The highest BCUT2D eigenvalue weighted by molar-refractivity contribution is 5.91. The lowest BCUT2D eigenvalue weighted by molar-refractivity contribution is -0.137. The molecule has 1 aromatic carbocycles. The first-order valence-electron chi connectivity index (χ1n) is 13.4. The van der Waals surface area contributed by atoms with Crippen LogP contribution in [0.4, 0.5) is 13.2 Å². The smallest absolute Gasteiger partial charge is 0.416 e. The van der Waals surface area contributed by atoms with Crippen molar-refractivity contribution in [2.75, 3.05) is 13.3 Å². The molecule has 2 N–H and O–H groups in total. The molecule has 3 aromatic heterocycles. The van der Waals surface area contributed by atoms with E-state index in [0.29, 0.717) is 39.6 Å². The van der Waals surface area contributed by atoms with E-state index in [1.165, 1.54) is 10.9 Å². The second kappa shape index (κ2) is 15.0. The molecule has 12 nitrogen and oxygen atoms in total. The van der Waals surface area contributed by atoms with Gasteiger partial charge in [-0.2, -0.15) is 13.2 Å². The van der Waals surface area contributed by atoms with Gasteiger partial charge in [0.25, 0.3) is 5.91 Å². The molecule has 0 spiro atoms. The summed E-state index contributed by atoms with van der Waals surface area (Å²) >= 11 is 0. The number of alkyl halides is 3. The number of amides is 1. The lowest BCUT2D eigenvalue weighted by Gasteiger charge is -2.08. The third kappa shape index (κ3) is 9.62. The van der Waals surface area contributed by atoms with Crippen molar-refractivity contribution >= 4 is 5.91 Å². The summed E-state index contributed by atoms with van der Waals surface area (Å²) in [6.45, 7) is 4.94. The number of hydrogen-bond acceptors (Lipinski definition) is 9. The number of rotatable bonds is 16. The normalized spacial score (nSPS) is 11.5. The van der Waals surface area contributed by atoms with Gasteiger partial charge in [0.05, 0.1) is 50.1 Å². The van der Waals surface area contributed by atoms with E-state index in [1.54, 1.807) is 4.68 Å². The molecule has 0 aliphatic carbocycles. The summed E-state index contributed by atoms with van der Waals surface area (Å²) < 4.78 is 53.0. The standard InChI is InChI=1S/C27H32F3N9O3/c1-2-42-24-7-5-6-20(12-24)14-31-19-41-18-23-16-38(36-34-23)10-3-4-11-39-17-25(35-37-39)26(40)33-15-22-13-21(8-9-32-22)27(28,29)30/h5-9,12-13,16-17,31H,2-4,10-11,14-15,18-19H2,1H3,(H,33,40). The molecule has 0 aliphatic rings. The van der Waals surface area contributed by atoms with Crippen molar-refractivity contribution in [2.24, 2.45) is 0 Å². The molecule has 4 aromatic rings. The lowest BCUT2D eigenvalue weighted by atomic mass is 10.2. The molecular weight excluding hydrogens is 555 g/mol. The Morgan fingerprint density at radius 1 is 0.976 bits per heavy atom. The van der Waals surface area contributed by atoms with Gasteiger partial charge in [0, 0.05) is 25.8 Å². The van der Waals surface area contributed by atoms with Gasteiger partial charge in [0.2, 0.25) is 0 Å². The minimum Gasteiger partial charge on any atom is -0.494 e. The Labute approximate surface area is 240 Å². The Hall–Kier alpha value is -4.37. The molecule has 15 heteroatoms. The van der Waals surface area contributed by atoms with Crippen LogP contribution in [0.1, 0.15) is 52.8 Å². The van der Waals surface area contributed by atoms with Gasteiger partial charge >= 0.3 is 6.18 Å². The second-order valence-electron chi connectivity index (χ2n) is 9.26. The zero-order chi connectivity index (χ0) is 29.8. The number of nitrogens with one attached hydrogen (secondary N) is 2. The first-order valence-corrected chi connectivity index (χ1v) is 13.4. The summed E-state index contributed by atoms with van der Waals surface area (Å²) in [6, 6.07) is 9.66. The molecular formula is C27H32F3N9O3. The number of nitrogens with zero attached hydrogens (tertiary/aromatic N) is 7. The van der Waals surface area contributed by atoms with Crippen LogP contribution in [-0.2, 0) is 43.7 Å². The van der Waals surface area contributed by atoms with Crippen LogP contribution in [0.25, 0.3) is 0 Å². The van der Waals surface area contributed by atoms with E-state index in [1.807, 2.05) is 37.4 Å². The number of unbranched alkanes of at least 4 members (excludes halogenated alkanes) is 1. The molecule has 0 radical (unpaired) electrons. The quantitative estimate of drug-likeness (QED) is 0.150. The zero-order valence-electron chi connectivity index (χ0n) is 23.0. The van der Waals surface area contributed by atoms with E-state index in [9.17, 15) is 18.0 Å². The first kappa shape index (κ1) is 30.6. The lowest BCUT2D eigenvalue weighted by Crippen LogP contribution is -2.24. The summed E-state index contributed by atoms with van der Waals surface area (Å²) in [7, 11) is 0. The predicted octanol–water partition coefficient (Wildman–Crippen LogP) is 3.36. The molecule has 0 aliphatic heterocycles. The molecule has 0 fully saturated rings. The molecule has 42 heavy (non-hydrogen) atoms. The fourth-order valence-electron chi connectivity index (χ4n) is 3.92. The minimum absolute atomic E-state index is 0.0661. The Morgan fingerprint density at radius 3 is 2.55 bits per heavy atom. The average molecular weight is 588 g/mol. The van der Waals surface area contributed by atoms with Gasteiger partial charge in [-0.05, 0) is 49.6 Å². The molecule has 3 heterocycles. The Bertz CT molecular complexity index is 1420. The van der Waals surface area contributed by atoms with Gasteiger partial charge in [-0.15, -0.1) is 10.2 Å². The van der Waals surface area contributed by atoms with Crippen molar-refractivity contribution in [3.63, 3.8) is 0 Å². The second-order valence-corrected chi connectivity index (χ2v) is 9.26. The van der Waals surface area contributed by atoms with Crippen molar-refractivity contribution in [3.05, 3.63) is 83.2 Å². The molecule has 224 valence electrons. The van der Waals surface area contributed by atoms with Gasteiger partial charge in [0.15, 0.2) is 5.69 Å². The van der Waals surface area contributed by atoms with Crippen LogP contribution < -0.4 is 15.4 Å². The van der Waals surface area contributed by atoms with Gasteiger partial charge < -0.3 is 14.8 Å². The topological polar surface area (TPSA) is 134 Å². The van der Waals surface area contributed by atoms with Gasteiger partial charge in [0.1, 0.15) is 11.4 Å². The van der Waals surface area contributed by atoms with E-state index in [0.717, 1.165) is 48.2 Å². The van der Waals surface area contributed by atoms with E-state index in [-0.39, 0.29) is 17.9 Å². The zero-order valence-corrected chi connectivity index (χ0v) is 23.0. The number of benzene rings is 1. The number of pyridine rings is 1. The maximum atomic E-state index is 12.8. The Balaban J connectivity index is 1.10. The number of ether oxygens (including phenoxy) is 2. The summed E-state index contributed by atoms with van der Waals surface area (Å²) in [4.78, 5) is 16.2. The molecule has 0 saturated carbocycles. The van der Waals surface area contributed by atoms with Gasteiger partial charge in [-0.3, -0.25) is 24.5 Å². The van der Waals surface area contributed by atoms with E-state index in [4.69, 9.17) is 9.47 Å². The third-order valence-corrected chi connectivity index (χ3v) is 5.95. The number of aromatic nitrogens is 7. The number of aryl methyl sites for hydroxylation is 2. The van der Waals surface area contributed by atoms with Crippen LogP contribution in [-0.4, -0.2) is 54.2 Å². The van der Waals surface area contributed by atoms with Crippen molar-refractivity contribution in [1.29, 1.82) is 0 Å². The van der Waals surface area contributed by atoms with Crippen LogP contribution in [0.3, 0.4) is 0 Å². The predicted molar refractivity (Wildman–Crippen MR) is 144 cm³/mol. The molecule has 0 bridgehead atoms. The monoisotopic (exact) mass is 587 g/mol. The maximum Gasteiger partial charge on any atom is 0.416 e. The van der Waals surface area contributed by atoms with Gasteiger partial charge in [-0.25, -0.2) is 0 Å². The fourth-order valence-corrected chi connectivity index (χ4v) is 3.92. The number of halogens is 3. The fraction of sp³-hybridized carbons (Fsp3) is 0.407. The highest BCUT2D eigenvalue weighted by atomic mass is 19.4. The summed E-state index contributed by atoms with van der Waals surface area (Å²) in [5, 5.41) is 21.8. The molecule has 0 atom stereocenters. The summed E-state index contributed by atoms with van der Waals surface area (Å²) in [5.74, 6) is 0.292. The number of carbonyl (C=O) groups excluding carboxylic acids is 1. The summed E-state index contributed by atoms with van der Waals surface area (Å²) in [5.41, 5.74) is 1.16. The number of carbonyl (C=O) groups is 1. The van der Waals surface area contributed by atoms with Crippen molar-refractivity contribution in [2.45, 2.75) is 58.7 Å². The number of hydrogen-bond donors (Lipinski definition) is 2. The molecule has 1 amide bonds. The van der Waals surface area contributed by atoms with Crippen molar-refractivity contribution in [1.82, 2.24) is 45.6 Å².